The number of aromatic nitrogens is 6. The smallest absolute Gasteiger partial charge is 0.247 e. The third-order valence-electron chi connectivity index (χ3n) is 5.53. The third kappa shape index (κ3) is 4.41. The first kappa shape index (κ1) is 22.4. The largest absolute Gasteiger partial charge is 0.421 e. The molecule has 3 heterocycles. The molecule has 0 amide bonds. The van der Waals surface area contributed by atoms with Crippen LogP contribution in [0.25, 0.3) is 33.3 Å². The Bertz CT molecular complexity index is 1660. The zero-order valence-corrected chi connectivity index (χ0v) is 19.3. The summed E-state index contributed by atoms with van der Waals surface area (Å²) in [5.41, 5.74) is 4.25. The van der Waals surface area contributed by atoms with Gasteiger partial charge in [0.2, 0.25) is 11.8 Å². The molecule has 8 nitrogen and oxygen atoms in total. The average Bonchev–Trinajstić information content (AvgIpc) is 3.45. The number of anilines is 2. The van der Waals surface area contributed by atoms with Gasteiger partial charge in [0.1, 0.15) is 18.0 Å². The molecule has 0 saturated carbocycles. The minimum Gasteiger partial charge on any atom is -0.421 e. The van der Waals surface area contributed by atoms with Gasteiger partial charge in [0.05, 0.1) is 23.8 Å². The summed E-state index contributed by atoms with van der Waals surface area (Å²) < 4.78 is 21.0. The molecule has 1 N–H and O–H groups in total. The summed E-state index contributed by atoms with van der Waals surface area (Å²) in [4.78, 5) is 8.81. The number of nitrogens with zero attached hydrogens (tertiary/aromatic N) is 6. The second kappa shape index (κ2) is 9.11. The highest BCUT2D eigenvalue weighted by Gasteiger charge is 2.11. The Morgan fingerprint density at radius 2 is 1.91 bits per heavy atom. The quantitative estimate of drug-likeness (QED) is 0.333. The molecule has 0 unspecified atom stereocenters. The fraction of sp³-hybridized carbons (Fsp3) is 0.0800. The van der Waals surface area contributed by atoms with Gasteiger partial charge in [-0.3, -0.25) is 4.68 Å². The van der Waals surface area contributed by atoms with Crippen LogP contribution in [0.2, 0.25) is 0 Å². The van der Waals surface area contributed by atoms with Crippen LogP contribution < -0.4 is 5.32 Å². The average molecular weight is 488 g/mol. The van der Waals surface area contributed by atoms with Crippen LogP contribution in [-0.4, -0.2) is 29.9 Å². The van der Waals surface area contributed by atoms with E-state index in [2.05, 4.69) is 30.6 Å². The molecule has 10 heteroatoms. The van der Waals surface area contributed by atoms with Gasteiger partial charge in [0.15, 0.2) is 0 Å². The molecule has 0 aliphatic heterocycles. The third-order valence-corrected chi connectivity index (χ3v) is 5.53. The molecule has 174 valence electrons. The fourth-order valence-electron chi connectivity index (χ4n) is 3.94. The van der Waals surface area contributed by atoms with Crippen LogP contribution in [0.1, 0.15) is 11.5 Å². The molecule has 3 aromatic carbocycles. The summed E-state index contributed by atoms with van der Waals surface area (Å²) >= 11 is 0. The van der Waals surface area contributed by atoms with E-state index in [4.69, 9.17) is 4.42 Å². The molecule has 0 atom stereocenters. The van der Waals surface area contributed by atoms with Crippen molar-refractivity contribution >= 4 is 45.7 Å². The second-order valence-electron chi connectivity index (χ2n) is 7.91. The minimum atomic E-state index is -0.255. The van der Waals surface area contributed by atoms with Gasteiger partial charge in [-0.2, -0.15) is 5.10 Å². The van der Waals surface area contributed by atoms with Gasteiger partial charge in [-0.15, -0.1) is 22.6 Å². The van der Waals surface area contributed by atoms with Gasteiger partial charge < -0.3 is 9.73 Å². The van der Waals surface area contributed by atoms with Gasteiger partial charge in [-0.05, 0) is 54.1 Å². The number of aryl methyl sites for hydroxylation is 1. The van der Waals surface area contributed by atoms with Crippen LogP contribution in [0.4, 0.5) is 15.9 Å². The van der Waals surface area contributed by atoms with E-state index in [-0.39, 0.29) is 18.2 Å². The molecule has 3 aromatic heterocycles. The summed E-state index contributed by atoms with van der Waals surface area (Å²) in [6, 6.07) is 18.2. The van der Waals surface area contributed by atoms with Gasteiger partial charge in [-0.25, -0.2) is 14.4 Å². The monoisotopic (exact) mass is 487 g/mol. The molecule has 0 fully saturated rings. The van der Waals surface area contributed by atoms with Crippen molar-refractivity contribution in [2.75, 3.05) is 5.32 Å². The maximum atomic E-state index is 13.5. The van der Waals surface area contributed by atoms with Crippen LogP contribution >= 0.6 is 12.4 Å². The van der Waals surface area contributed by atoms with E-state index in [9.17, 15) is 4.39 Å². The van der Waals surface area contributed by atoms with E-state index >= 15 is 0 Å². The lowest BCUT2D eigenvalue weighted by molar-refractivity contribution is 0.533. The molecule has 0 bridgehead atoms. The van der Waals surface area contributed by atoms with Crippen molar-refractivity contribution < 1.29 is 8.81 Å². The molecule has 0 saturated heterocycles. The van der Waals surface area contributed by atoms with E-state index in [0.29, 0.717) is 24.1 Å². The zero-order chi connectivity index (χ0) is 23.1. The fourth-order valence-corrected chi connectivity index (χ4v) is 3.94. The molecule has 0 aliphatic rings. The maximum absolute atomic E-state index is 13.5. The lowest BCUT2D eigenvalue weighted by Crippen LogP contribution is -2.01. The Morgan fingerprint density at radius 3 is 2.74 bits per heavy atom. The van der Waals surface area contributed by atoms with Gasteiger partial charge in [-0.1, -0.05) is 12.1 Å². The topological polar surface area (TPSA) is 94.5 Å². The molecule has 0 aliphatic carbocycles. The van der Waals surface area contributed by atoms with Gasteiger partial charge in [0.25, 0.3) is 0 Å². The lowest BCUT2D eigenvalue weighted by atomic mass is 10.1. The summed E-state index contributed by atoms with van der Waals surface area (Å²) in [7, 11) is 0. The zero-order valence-electron chi connectivity index (χ0n) is 18.5. The van der Waals surface area contributed by atoms with E-state index in [0.717, 1.165) is 38.6 Å². The normalized spacial score (nSPS) is 11.0. The van der Waals surface area contributed by atoms with Crippen molar-refractivity contribution in [3.8, 4) is 11.5 Å². The SMILES string of the molecule is Cc1nnc(-c2ccc3ncnc(Nc4ccc5c(cnn5Cc5cccc(F)c5)c4)c3c2)o1.Cl. The Balaban J connectivity index is 0.00000253. The molecule has 6 aromatic rings. The van der Waals surface area contributed by atoms with Crippen molar-refractivity contribution in [2.45, 2.75) is 13.5 Å². The molecule has 6 rings (SSSR count). The Kier molecular flexibility index (Phi) is 5.84. The van der Waals surface area contributed by atoms with Crippen LogP contribution in [0.3, 0.4) is 0 Å². The van der Waals surface area contributed by atoms with Crippen molar-refractivity contribution in [3.05, 3.63) is 90.5 Å². The second-order valence-corrected chi connectivity index (χ2v) is 7.91. The highest BCUT2D eigenvalue weighted by molar-refractivity contribution is 5.94. The summed E-state index contributed by atoms with van der Waals surface area (Å²) in [5.74, 6) is 1.36. The van der Waals surface area contributed by atoms with E-state index in [1.807, 2.05) is 47.1 Å². The number of halogens is 2. The number of benzene rings is 3. The number of rotatable bonds is 5. The highest BCUT2D eigenvalue weighted by Crippen LogP contribution is 2.29. The van der Waals surface area contributed by atoms with Crippen LogP contribution in [0.15, 0.2) is 77.6 Å². The van der Waals surface area contributed by atoms with Crippen molar-refractivity contribution in [3.63, 3.8) is 0 Å². The summed E-state index contributed by atoms with van der Waals surface area (Å²) in [5, 5.41) is 17.7. The Morgan fingerprint density at radius 1 is 1.00 bits per heavy atom. The van der Waals surface area contributed by atoms with Gasteiger partial charge in [0, 0.05) is 28.9 Å². The van der Waals surface area contributed by atoms with Gasteiger partial charge >= 0.3 is 0 Å². The first-order valence-corrected chi connectivity index (χ1v) is 10.6. The molecule has 35 heavy (non-hydrogen) atoms. The first-order valence-electron chi connectivity index (χ1n) is 10.6. The predicted octanol–water partition coefficient (Wildman–Crippen LogP) is 5.69. The van der Waals surface area contributed by atoms with E-state index in [1.54, 1.807) is 19.2 Å². The molecular weight excluding hydrogens is 469 g/mol. The summed E-state index contributed by atoms with van der Waals surface area (Å²) in [6.45, 7) is 2.24. The van der Waals surface area contributed by atoms with Crippen LogP contribution in [-0.2, 0) is 6.54 Å². The number of hydrogen-bond donors (Lipinski definition) is 1. The number of hydrogen-bond acceptors (Lipinski definition) is 7. The van der Waals surface area contributed by atoms with Crippen molar-refractivity contribution in [1.29, 1.82) is 0 Å². The molecule has 0 radical (unpaired) electrons. The molecular formula is C25H19ClFN7O. The van der Waals surface area contributed by atoms with E-state index in [1.165, 1.54) is 18.5 Å². The Labute approximate surface area is 205 Å². The number of fused-ring (bicyclic) bond motifs is 2. The summed E-state index contributed by atoms with van der Waals surface area (Å²) in [6.07, 6.45) is 3.32. The first-order chi connectivity index (χ1) is 16.6. The van der Waals surface area contributed by atoms with Crippen LogP contribution in [0, 0.1) is 12.7 Å². The highest BCUT2D eigenvalue weighted by atomic mass is 35.5. The lowest BCUT2D eigenvalue weighted by Gasteiger charge is -2.10. The predicted molar refractivity (Wildman–Crippen MR) is 133 cm³/mol. The van der Waals surface area contributed by atoms with Crippen molar-refractivity contribution in [1.82, 2.24) is 29.9 Å². The molecule has 0 spiro atoms. The van der Waals surface area contributed by atoms with E-state index < -0.39 is 0 Å². The standard InChI is InChI=1S/C25H18FN7O.ClH/c1-15-31-32-25(34-15)17-5-7-22-21(11-17)24(28-14-27-22)30-20-6-8-23-18(10-20)12-29-33(23)13-16-3-2-4-19(26)9-16;/h2-12,14H,13H2,1H3,(H,27,28,30);1H. The van der Waals surface area contributed by atoms with Crippen molar-refractivity contribution in [2.24, 2.45) is 0 Å². The van der Waals surface area contributed by atoms with Crippen LogP contribution in [0.5, 0.6) is 0 Å². The minimum absolute atomic E-state index is 0. The maximum Gasteiger partial charge on any atom is 0.247 e. The number of nitrogens with one attached hydrogen (secondary N) is 1. The Hall–Kier alpha value is -4.37.